The van der Waals surface area contributed by atoms with Crippen molar-refractivity contribution in [1.82, 2.24) is 10.2 Å². The Balaban J connectivity index is 1.83. The van der Waals surface area contributed by atoms with E-state index in [0.29, 0.717) is 28.4 Å². The molecule has 0 radical (unpaired) electrons. The van der Waals surface area contributed by atoms with Crippen molar-refractivity contribution in [1.29, 1.82) is 0 Å². The third-order valence-corrected chi connectivity index (χ3v) is 9.50. The second-order valence-corrected chi connectivity index (χ2v) is 13.0. The van der Waals surface area contributed by atoms with Crippen molar-refractivity contribution >= 4 is 39.1 Å². The van der Waals surface area contributed by atoms with Gasteiger partial charge in [-0.2, -0.15) is 0 Å². The fourth-order valence-corrected chi connectivity index (χ4v) is 6.64. The highest BCUT2D eigenvalue weighted by Crippen LogP contribution is 2.29. The Hall–Kier alpha value is -4.14. The maximum Gasteiger partial charge on any atom is 0.264 e. The quantitative estimate of drug-likeness (QED) is 0.187. The molecule has 9 heteroatoms. The van der Waals surface area contributed by atoms with Gasteiger partial charge in [-0.05, 0) is 66.8 Å². The molecular weight excluding hydrogens is 594 g/mol. The van der Waals surface area contributed by atoms with Crippen LogP contribution in [0.2, 0.25) is 5.02 Å². The summed E-state index contributed by atoms with van der Waals surface area (Å²) in [6.45, 7) is 5.57. The fourth-order valence-electron chi connectivity index (χ4n) is 4.95. The SMILES string of the molecule is CCCNC(=O)[C@H](Cc1ccccc1)N(Cc1ccccc1Cl)C(=O)CN(c1cc(C)ccc1C)S(=O)(=O)c1ccccc1. The van der Waals surface area contributed by atoms with Gasteiger partial charge in [0.2, 0.25) is 11.8 Å². The summed E-state index contributed by atoms with van der Waals surface area (Å²) in [6.07, 6.45) is 0.958. The lowest BCUT2D eigenvalue weighted by Crippen LogP contribution is -2.53. The lowest BCUT2D eigenvalue weighted by Gasteiger charge is -2.34. The van der Waals surface area contributed by atoms with Gasteiger partial charge in [-0.1, -0.05) is 97.4 Å². The number of hydrogen-bond donors (Lipinski definition) is 1. The summed E-state index contributed by atoms with van der Waals surface area (Å²) in [5, 5.41) is 3.39. The summed E-state index contributed by atoms with van der Waals surface area (Å²) in [5.41, 5.74) is 3.45. The lowest BCUT2D eigenvalue weighted by molar-refractivity contribution is -0.140. The smallest absolute Gasteiger partial charge is 0.264 e. The van der Waals surface area contributed by atoms with Gasteiger partial charge in [-0.3, -0.25) is 13.9 Å². The zero-order valence-corrected chi connectivity index (χ0v) is 26.8. The maximum atomic E-state index is 14.5. The van der Waals surface area contributed by atoms with Crippen LogP contribution in [-0.2, 0) is 32.6 Å². The summed E-state index contributed by atoms with van der Waals surface area (Å²) in [7, 11) is -4.16. The van der Waals surface area contributed by atoms with Crippen molar-refractivity contribution in [2.45, 2.75) is 51.1 Å². The summed E-state index contributed by atoms with van der Waals surface area (Å²) >= 11 is 6.55. The Kier molecular flexibility index (Phi) is 11.2. The molecule has 0 aliphatic rings. The molecule has 230 valence electrons. The molecule has 4 rings (SSSR count). The highest BCUT2D eigenvalue weighted by atomic mass is 35.5. The van der Waals surface area contributed by atoms with E-state index in [9.17, 15) is 18.0 Å². The Morgan fingerprint density at radius 2 is 1.50 bits per heavy atom. The topological polar surface area (TPSA) is 86.8 Å². The molecule has 0 spiro atoms. The number of nitrogens with zero attached hydrogens (tertiary/aromatic N) is 2. The van der Waals surface area contributed by atoms with Crippen LogP contribution >= 0.6 is 11.6 Å². The number of anilines is 1. The second kappa shape index (κ2) is 15.0. The molecular formula is C35H38ClN3O4S. The van der Waals surface area contributed by atoms with Gasteiger partial charge in [-0.15, -0.1) is 0 Å². The fraction of sp³-hybridized carbons (Fsp3) is 0.257. The molecule has 0 fully saturated rings. The number of aryl methyl sites for hydroxylation is 2. The van der Waals surface area contributed by atoms with Gasteiger partial charge in [-0.25, -0.2) is 8.42 Å². The highest BCUT2D eigenvalue weighted by molar-refractivity contribution is 7.92. The number of nitrogens with one attached hydrogen (secondary N) is 1. The molecule has 0 aliphatic heterocycles. The van der Waals surface area contributed by atoms with Gasteiger partial charge in [0, 0.05) is 24.5 Å². The molecule has 0 unspecified atom stereocenters. The number of benzene rings is 4. The molecule has 1 N–H and O–H groups in total. The van der Waals surface area contributed by atoms with E-state index in [-0.39, 0.29) is 23.8 Å². The largest absolute Gasteiger partial charge is 0.354 e. The van der Waals surface area contributed by atoms with Crippen LogP contribution in [0.25, 0.3) is 0 Å². The van der Waals surface area contributed by atoms with Crippen molar-refractivity contribution in [3.05, 3.63) is 130 Å². The monoisotopic (exact) mass is 631 g/mol. The predicted molar refractivity (Wildman–Crippen MR) is 176 cm³/mol. The summed E-state index contributed by atoms with van der Waals surface area (Å²) < 4.78 is 29.5. The van der Waals surface area contributed by atoms with Gasteiger partial charge in [0.25, 0.3) is 10.0 Å². The van der Waals surface area contributed by atoms with Crippen LogP contribution in [0.4, 0.5) is 5.69 Å². The van der Waals surface area contributed by atoms with Gasteiger partial charge in [0.05, 0.1) is 10.6 Å². The summed E-state index contributed by atoms with van der Waals surface area (Å²) in [5.74, 6) is -0.849. The number of sulfonamides is 1. The normalized spacial score (nSPS) is 11.9. The number of carbonyl (C=O) groups is 2. The van der Waals surface area contributed by atoms with Gasteiger partial charge in [0.1, 0.15) is 12.6 Å². The van der Waals surface area contributed by atoms with E-state index >= 15 is 0 Å². The Labute approximate surface area is 265 Å². The van der Waals surface area contributed by atoms with E-state index < -0.39 is 28.5 Å². The highest BCUT2D eigenvalue weighted by Gasteiger charge is 2.35. The molecule has 4 aromatic rings. The van der Waals surface area contributed by atoms with E-state index in [1.54, 1.807) is 42.5 Å². The van der Waals surface area contributed by atoms with Crippen molar-refractivity contribution in [3.8, 4) is 0 Å². The van der Waals surface area contributed by atoms with E-state index in [1.807, 2.05) is 69.3 Å². The minimum atomic E-state index is -4.16. The first-order chi connectivity index (χ1) is 21.1. The van der Waals surface area contributed by atoms with Gasteiger partial charge in [0.15, 0.2) is 0 Å². The van der Waals surface area contributed by atoms with Crippen LogP contribution in [0.5, 0.6) is 0 Å². The van der Waals surface area contributed by atoms with Crippen molar-refractivity contribution in [2.75, 3.05) is 17.4 Å². The van der Waals surface area contributed by atoms with Crippen LogP contribution < -0.4 is 9.62 Å². The molecule has 44 heavy (non-hydrogen) atoms. The van der Waals surface area contributed by atoms with Crippen LogP contribution in [-0.4, -0.2) is 44.3 Å². The van der Waals surface area contributed by atoms with E-state index in [4.69, 9.17) is 11.6 Å². The van der Waals surface area contributed by atoms with E-state index in [0.717, 1.165) is 21.9 Å². The molecule has 0 bridgehead atoms. The summed E-state index contributed by atoms with van der Waals surface area (Å²) in [4.78, 5) is 29.8. The summed E-state index contributed by atoms with van der Waals surface area (Å²) in [6, 6.07) is 29.2. The second-order valence-electron chi connectivity index (χ2n) is 10.7. The predicted octanol–water partition coefficient (Wildman–Crippen LogP) is 6.32. The molecule has 0 saturated carbocycles. The molecule has 4 aromatic carbocycles. The number of amides is 2. The molecule has 1 atom stereocenters. The first-order valence-electron chi connectivity index (χ1n) is 14.6. The Bertz CT molecular complexity index is 1680. The van der Waals surface area contributed by atoms with Gasteiger partial charge >= 0.3 is 0 Å². The molecule has 2 amide bonds. The molecule has 0 aliphatic carbocycles. The number of hydrogen-bond acceptors (Lipinski definition) is 4. The standard InChI is InChI=1S/C35H38ClN3O4S/c1-4-21-37-35(41)33(23-28-13-7-5-8-14-28)38(24-29-15-11-12-18-31(29)36)34(40)25-39(32-22-26(2)19-20-27(32)3)44(42,43)30-16-9-6-10-17-30/h5-20,22,33H,4,21,23-25H2,1-3H3,(H,37,41)/t33-/m0/s1. The van der Waals surface area contributed by atoms with E-state index in [2.05, 4.69) is 5.32 Å². The van der Waals surface area contributed by atoms with Crippen LogP contribution in [0, 0.1) is 13.8 Å². The zero-order chi connectivity index (χ0) is 31.7. The van der Waals surface area contributed by atoms with E-state index in [1.165, 1.54) is 17.0 Å². The van der Waals surface area contributed by atoms with Crippen molar-refractivity contribution < 1.29 is 18.0 Å². The maximum absolute atomic E-state index is 14.5. The Morgan fingerprint density at radius 1 is 0.864 bits per heavy atom. The van der Waals surface area contributed by atoms with Crippen LogP contribution in [0.3, 0.4) is 0 Å². The first-order valence-corrected chi connectivity index (χ1v) is 16.4. The number of carbonyl (C=O) groups excluding carboxylic acids is 2. The zero-order valence-electron chi connectivity index (χ0n) is 25.2. The Morgan fingerprint density at radius 3 is 2.16 bits per heavy atom. The average molecular weight is 632 g/mol. The first kappa shape index (κ1) is 32.8. The third kappa shape index (κ3) is 8.07. The third-order valence-electron chi connectivity index (χ3n) is 7.36. The number of rotatable bonds is 13. The minimum Gasteiger partial charge on any atom is -0.354 e. The number of halogens is 1. The van der Waals surface area contributed by atoms with Gasteiger partial charge < -0.3 is 10.2 Å². The average Bonchev–Trinajstić information content (AvgIpc) is 3.03. The minimum absolute atomic E-state index is 0.0155. The molecule has 0 saturated heterocycles. The van der Waals surface area contributed by atoms with Crippen molar-refractivity contribution in [3.63, 3.8) is 0 Å². The molecule has 0 aromatic heterocycles. The van der Waals surface area contributed by atoms with Crippen LogP contribution in [0.1, 0.15) is 35.6 Å². The van der Waals surface area contributed by atoms with Crippen molar-refractivity contribution in [2.24, 2.45) is 0 Å². The lowest BCUT2D eigenvalue weighted by atomic mass is 10.0. The molecule has 0 heterocycles. The molecule has 7 nitrogen and oxygen atoms in total. The van der Waals surface area contributed by atoms with Crippen LogP contribution in [0.15, 0.2) is 108 Å².